The normalized spacial score (nSPS) is 11.6. The topological polar surface area (TPSA) is 115 Å². The van der Waals surface area contributed by atoms with Crippen LogP contribution in [0.4, 0.5) is 0 Å². The molecule has 0 bridgehead atoms. The molecule has 82 valence electrons. The van der Waals surface area contributed by atoms with Crippen molar-refractivity contribution in [2.24, 2.45) is 10.9 Å². The molecule has 0 atom stereocenters. The van der Waals surface area contributed by atoms with Crippen LogP contribution in [0.2, 0.25) is 0 Å². The molecule has 2 aromatic rings. The predicted molar refractivity (Wildman–Crippen MR) is 53.7 cm³/mol. The van der Waals surface area contributed by atoms with Gasteiger partial charge in [-0.2, -0.15) is 0 Å². The number of tetrazole rings is 1. The van der Waals surface area contributed by atoms with E-state index in [4.69, 9.17) is 10.9 Å². The molecule has 0 unspecified atom stereocenters. The lowest BCUT2D eigenvalue weighted by molar-refractivity contribution is 0.318. The van der Waals surface area contributed by atoms with Crippen LogP contribution < -0.4 is 5.73 Å². The third-order valence-electron chi connectivity index (χ3n) is 1.89. The van der Waals surface area contributed by atoms with E-state index in [0.717, 1.165) is 5.69 Å². The third kappa shape index (κ3) is 2.11. The van der Waals surface area contributed by atoms with Crippen LogP contribution in [0.1, 0.15) is 11.4 Å². The van der Waals surface area contributed by atoms with E-state index in [9.17, 15) is 0 Å². The second-order valence-electron chi connectivity index (χ2n) is 3.01. The zero-order valence-corrected chi connectivity index (χ0v) is 8.22. The summed E-state index contributed by atoms with van der Waals surface area (Å²) in [6, 6.07) is 5.22. The zero-order chi connectivity index (χ0) is 11.4. The Morgan fingerprint density at radius 2 is 2.38 bits per heavy atom. The van der Waals surface area contributed by atoms with Gasteiger partial charge in [0.25, 0.3) is 0 Å². The molecule has 0 fully saturated rings. The minimum absolute atomic E-state index is 0.0291. The first-order chi connectivity index (χ1) is 7.79. The van der Waals surface area contributed by atoms with Crippen molar-refractivity contribution in [1.82, 2.24) is 25.2 Å². The van der Waals surface area contributed by atoms with E-state index in [1.165, 1.54) is 11.0 Å². The molecule has 0 aliphatic rings. The molecule has 0 aliphatic heterocycles. The molecular formula is C8H9N7O. The van der Waals surface area contributed by atoms with E-state index < -0.39 is 0 Å². The van der Waals surface area contributed by atoms with E-state index >= 15 is 0 Å². The molecule has 0 aliphatic carbocycles. The minimum atomic E-state index is -0.0291. The maximum atomic E-state index is 8.52. The third-order valence-corrected chi connectivity index (χ3v) is 1.89. The first kappa shape index (κ1) is 10.0. The van der Waals surface area contributed by atoms with Crippen LogP contribution >= 0.6 is 0 Å². The molecule has 2 rings (SSSR count). The van der Waals surface area contributed by atoms with Crippen molar-refractivity contribution in [3.05, 3.63) is 35.9 Å². The quantitative estimate of drug-likeness (QED) is 0.302. The van der Waals surface area contributed by atoms with Crippen molar-refractivity contribution < 1.29 is 5.21 Å². The van der Waals surface area contributed by atoms with E-state index in [1.54, 1.807) is 18.2 Å². The zero-order valence-electron chi connectivity index (χ0n) is 8.22. The average Bonchev–Trinajstić information content (AvgIpc) is 2.81. The van der Waals surface area contributed by atoms with Gasteiger partial charge in [-0.1, -0.05) is 11.2 Å². The van der Waals surface area contributed by atoms with Crippen LogP contribution in [0.5, 0.6) is 0 Å². The Kier molecular flexibility index (Phi) is 2.72. The minimum Gasteiger partial charge on any atom is -0.409 e. The Labute approximate surface area is 90.4 Å². The summed E-state index contributed by atoms with van der Waals surface area (Å²) in [5.74, 6) is -0.0291. The SMILES string of the molecule is NC(=NO)c1cccc(Cn2cnnn2)n1. The van der Waals surface area contributed by atoms with Crippen molar-refractivity contribution in [3.63, 3.8) is 0 Å². The van der Waals surface area contributed by atoms with Crippen molar-refractivity contribution in [3.8, 4) is 0 Å². The molecule has 16 heavy (non-hydrogen) atoms. The summed E-state index contributed by atoms with van der Waals surface area (Å²) in [6.45, 7) is 0.430. The van der Waals surface area contributed by atoms with Gasteiger partial charge in [0, 0.05) is 0 Å². The molecule has 0 saturated heterocycles. The highest BCUT2D eigenvalue weighted by atomic mass is 16.4. The number of nitrogens with two attached hydrogens (primary N) is 1. The van der Waals surface area contributed by atoms with Crippen molar-refractivity contribution in [2.45, 2.75) is 6.54 Å². The maximum absolute atomic E-state index is 8.52. The van der Waals surface area contributed by atoms with Crippen LogP contribution in [-0.2, 0) is 6.54 Å². The van der Waals surface area contributed by atoms with E-state index in [0.29, 0.717) is 12.2 Å². The number of hydrogen-bond acceptors (Lipinski definition) is 6. The number of amidine groups is 1. The van der Waals surface area contributed by atoms with Gasteiger partial charge in [-0.25, -0.2) is 9.67 Å². The van der Waals surface area contributed by atoms with Crippen LogP contribution in [-0.4, -0.2) is 36.2 Å². The molecule has 8 nitrogen and oxygen atoms in total. The Morgan fingerprint density at radius 3 is 3.06 bits per heavy atom. The summed E-state index contributed by atoms with van der Waals surface area (Å²) in [5.41, 5.74) is 6.56. The van der Waals surface area contributed by atoms with Crippen molar-refractivity contribution in [1.29, 1.82) is 0 Å². The first-order valence-electron chi connectivity index (χ1n) is 4.44. The highest BCUT2D eigenvalue weighted by Gasteiger charge is 2.03. The molecule has 0 amide bonds. The summed E-state index contributed by atoms with van der Waals surface area (Å²) in [7, 11) is 0. The molecule has 0 saturated carbocycles. The smallest absolute Gasteiger partial charge is 0.188 e. The van der Waals surface area contributed by atoms with Gasteiger partial charge >= 0.3 is 0 Å². The lowest BCUT2D eigenvalue weighted by Crippen LogP contribution is -2.16. The van der Waals surface area contributed by atoms with E-state index in [2.05, 4.69) is 25.7 Å². The summed E-state index contributed by atoms with van der Waals surface area (Å²) in [6.07, 6.45) is 1.48. The molecule has 0 aromatic carbocycles. The maximum Gasteiger partial charge on any atom is 0.188 e. The van der Waals surface area contributed by atoms with Gasteiger partial charge in [-0.15, -0.1) is 5.10 Å². The van der Waals surface area contributed by atoms with Gasteiger partial charge in [0.1, 0.15) is 12.0 Å². The first-order valence-corrected chi connectivity index (χ1v) is 4.44. The molecule has 2 aromatic heterocycles. The van der Waals surface area contributed by atoms with Gasteiger partial charge in [0.15, 0.2) is 5.84 Å². The Balaban J connectivity index is 2.23. The standard InChI is InChI=1S/C8H9N7O/c9-8(12-16)7-3-1-2-6(11-7)4-15-5-10-13-14-15/h1-3,5,16H,4H2,(H2,9,12). The molecule has 0 spiro atoms. The largest absolute Gasteiger partial charge is 0.409 e. The Bertz CT molecular complexity index is 493. The van der Waals surface area contributed by atoms with Crippen LogP contribution in [0.15, 0.2) is 29.7 Å². The molecule has 8 heteroatoms. The summed E-state index contributed by atoms with van der Waals surface area (Å²) >= 11 is 0. The predicted octanol–water partition coefficient (Wildman–Crippen LogP) is -0.789. The Morgan fingerprint density at radius 1 is 1.50 bits per heavy atom. The van der Waals surface area contributed by atoms with Gasteiger partial charge in [0.2, 0.25) is 0 Å². The van der Waals surface area contributed by atoms with Gasteiger partial charge in [-0.3, -0.25) is 0 Å². The fourth-order valence-electron chi connectivity index (χ4n) is 1.18. The monoisotopic (exact) mass is 219 g/mol. The molecule has 0 radical (unpaired) electrons. The summed E-state index contributed by atoms with van der Waals surface area (Å²) < 4.78 is 1.53. The average molecular weight is 219 g/mol. The lowest BCUT2D eigenvalue weighted by Gasteiger charge is -2.02. The van der Waals surface area contributed by atoms with Crippen LogP contribution in [0.25, 0.3) is 0 Å². The van der Waals surface area contributed by atoms with E-state index in [1.807, 2.05) is 0 Å². The number of pyridine rings is 1. The second kappa shape index (κ2) is 4.34. The molecule has 2 heterocycles. The fraction of sp³-hybridized carbons (Fsp3) is 0.125. The van der Waals surface area contributed by atoms with Gasteiger partial charge < -0.3 is 10.9 Å². The second-order valence-corrected chi connectivity index (χ2v) is 3.01. The van der Waals surface area contributed by atoms with Gasteiger partial charge in [0.05, 0.1) is 12.2 Å². The number of oxime groups is 1. The van der Waals surface area contributed by atoms with Crippen molar-refractivity contribution >= 4 is 5.84 Å². The number of hydrogen-bond donors (Lipinski definition) is 2. The molecule has 3 N–H and O–H groups in total. The van der Waals surface area contributed by atoms with Gasteiger partial charge in [-0.05, 0) is 22.6 Å². The summed E-state index contributed by atoms with van der Waals surface area (Å²) in [5, 5.41) is 22.1. The van der Waals surface area contributed by atoms with Crippen molar-refractivity contribution in [2.75, 3.05) is 0 Å². The fourth-order valence-corrected chi connectivity index (χ4v) is 1.18. The highest BCUT2D eigenvalue weighted by Crippen LogP contribution is 2.00. The number of aromatic nitrogens is 5. The highest BCUT2D eigenvalue weighted by molar-refractivity contribution is 5.95. The number of nitrogens with zero attached hydrogens (tertiary/aromatic N) is 6. The lowest BCUT2D eigenvalue weighted by atomic mass is 10.3. The number of rotatable bonds is 3. The summed E-state index contributed by atoms with van der Waals surface area (Å²) in [4.78, 5) is 4.19. The molecular weight excluding hydrogens is 210 g/mol. The van der Waals surface area contributed by atoms with Crippen LogP contribution in [0, 0.1) is 0 Å². The Hall–Kier alpha value is -2.51. The van der Waals surface area contributed by atoms with Crippen LogP contribution in [0.3, 0.4) is 0 Å². The van der Waals surface area contributed by atoms with E-state index in [-0.39, 0.29) is 5.84 Å².